The van der Waals surface area contributed by atoms with Crippen molar-refractivity contribution in [2.75, 3.05) is 20.2 Å². The van der Waals surface area contributed by atoms with Gasteiger partial charge in [-0.25, -0.2) is 4.98 Å². The molecule has 0 fully saturated rings. The van der Waals surface area contributed by atoms with E-state index in [1.165, 1.54) is 16.1 Å². The van der Waals surface area contributed by atoms with E-state index in [-0.39, 0.29) is 0 Å². The molecule has 0 radical (unpaired) electrons. The van der Waals surface area contributed by atoms with Crippen LogP contribution in [0.25, 0.3) is 11.3 Å². The smallest absolute Gasteiger partial charge is 0.122 e. The maximum absolute atomic E-state index is 5.65. The van der Waals surface area contributed by atoms with Crippen molar-refractivity contribution in [1.29, 1.82) is 0 Å². The Hall–Kier alpha value is -1.39. The van der Waals surface area contributed by atoms with Crippen molar-refractivity contribution in [2.24, 2.45) is 0 Å². The molecule has 0 spiro atoms. The van der Waals surface area contributed by atoms with Crippen LogP contribution in [0.2, 0.25) is 0 Å². The van der Waals surface area contributed by atoms with Gasteiger partial charge in [0.05, 0.1) is 17.3 Å². The van der Waals surface area contributed by atoms with Crippen LogP contribution in [-0.2, 0) is 12.8 Å². The number of benzene rings is 1. The number of likely N-dealkylation sites (N-methyl/N-ethyl adjacent to an activating group) is 1. The van der Waals surface area contributed by atoms with E-state index in [2.05, 4.69) is 28.9 Å². The molecule has 1 aromatic carbocycles. The lowest BCUT2D eigenvalue weighted by molar-refractivity contribution is 0.288. The number of fused-ring (bicyclic) bond motifs is 1. The number of aromatic nitrogens is 1. The summed E-state index contributed by atoms with van der Waals surface area (Å²) in [6, 6.07) is 6.42. The summed E-state index contributed by atoms with van der Waals surface area (Å²) >= 11 is 1.74. The molecule has 0 unspecified atom stereocenters. The van der Waals surface area contributed by atoms with Crippen molar-refractivity contribution in [3.05, 3.63) is 34.2 Å². The summed E-state index contributed by atoms with van der Waals surface area (Å²) in [4.78, 5) is 4.70. The lowest BCUT2D eigenvalue weighted by atomic mass is 10.0. The second kappa shape index (κ2) is 5.72. The van der Waals surface area contributed by atoms with Crippen LogP contribution in [0, 0.1) is 0 Å². The molecule has 2 aromatic rings. The van der Waals surface area contributed by atoms with E-state index in [0.717, 1.165) is 43.9 Å². The van der Waals surface area contributed by atoms with Crippen LogP contribution in [0.3, 0.4) is 0 Å². The third-order valence-electron chi connectivity index (χ3n) is 3.34. The zero-order valence-electron chi connectivity index (χ0n) is 11.1. The molecule has 0 saturated carbocycles. The van der Waals surface area contributed by atoms with Crippen molar-refractivity contribution in [2.45, 2.75) is 19.3 Å². The van der Waals surface area contributed by atoms with Crippen molar-refractivity contribution >= 4 is 11.3 Å². The Labute approximate surface area is 117 Å². The summed E-state index contributed by atoms with van der Waals surface area (Å²) in [6.07, 6.45) is 3.22. The highest BCUT2D eigenvalue weighted by atomic mass is 32.1. The Kier molecular flexibility index (Phi) is 3.80. The Morgan fingerprint density at radius 3 is 3.26 bits per heavy atom. The van der Waals surface area contributed by atoms with Crippen molar-refractivity contribution < 1.29 is 4.74 Å². The third-order valence-corrected chi connectivity index (χ3v) is 4.25. The summed E-state index contributed by atoms with van der Waals surface area (Å²) in [5.41, 5.74) is 3.61. The van der Waals surface area contributed by atoms with E-state index in [4.69, 9.17) is 9.72 Å². The fraction of sp³-hybridized carbons (Fsp3) is 0.400. The number of nitrogens with zero attached hydrogens (tertiary/aromatic N) is 1. The molecule has 0 aliphatic carbocycles. The number of hydrogen-bond donors (Lipinski definition) is 1. The molecule has 100 valence electrons. The first kappa shape index (κ1) is 12.6. The maximum Gasteiger partial charge on any atom is 0.122 e. The largest absolute Gasteiger partial charge is 0.493 e. The topological polar surface area (TPSA) is 34.2 Å². The minimum Gasteiger partial charge on any atom is -0.493 e. The maximum atomic E-state index is 5.65. The highest BCUT2D eigenvalue weighted by molar-refractivity contribution is 7.09. The van der Waals surface area contributed by atoms with E-state index < -0.39 is 0 Å². The van der Waals surface area contributed by atoms with Crippen LogP contribution in [0.4, 0.5) is 0 Å². The van der Waals surface area contributed by atoms with Crippen LogP contribution in [0.15, 0.2) is 23.6 Å². The average Bonchev–Trinajstić information content (AvgIpc) is 2.93. The van der Waals surface area contributed by atoms with Gasteiger partial charge in [-0.05, 0) is 43.7 Å². The lowest BCUT2D eigenvalue weighted by Gasteiger charge is -2.17. The minimum atomic E-state index is 0.844. The molecule has 0 atom stereocenters. The summed E-state index contributed by atoms with van der Waals surface area (Å²) < 4.78 is 5.65. The first-order chi connectivity index (χ1) is 9.36. The fourth-order valence-corrected chi connectivity index (χ4v) is 3.12. The molecule has 1 aromatic heterocycles. The molecule has 1 aliphatic heterocycles. The number of aryl methyl sites for hydroxylation is 1. The molecule has 1 aliphatic rings. The molecule has 0 saturated heterocycles. The van der Waals surface area contributed by atoms with Crippen molar-refractivity contribution in [3.8, 4) is 17.0 Å². The normalized spacial score (nSPS) is 13.9. The second-order valence-corrected chi connectivity index (χ2v) is 5.70. The highest BCUT2D eigenvalue weighted by Crippen LogP contribution is 2.30. The molecule has 2 heterocycles. The molecule has 3 rings (SSSR count). The Balaban J connectivity index is 1.83. The second-order valence-electron chi connectivity index (χ2n) is 4.75. The van der Waals surface area contributed by atoms with Crippen molar-refractivity contribution in [3.63, 3.8) is 0 Å². The van der Waals surface area contributed by atoms with E-state index in [0.29, 0.717) is 0 Å². The molecule has 3 nitrogen and oxygen atoms in total. The Morgan fingerprint density at radius 2 is 2.37 bits per heavy atom. The number of hydrogen-bond acceptors (Lipinski definition) is 4. The van der Waals surface area contributed by atoms with Gasteiger partial charge in [0.15, 0.2) is 0 Å². The van der Waals surface area contributed by atoms with Gasteiger partial charge in [-0.3, -0.25) is 0 Å². The number of nitrogens with one attached hydrogen (secondary N) is 1. The Morgan fingerprint density at radius 1 is 1.42 bits per heavy atom. The monoisotopic (exact) mass is 274 g/mol. The zero-order valence-corrected chi connectivity index (χ0v) is 11.9. The third kappa shape index (κ3) is 2.80. The fourth-order valence-electron chi connectivity index (χ4n) is 2.31. The van der Waals surface area contributed by atoms with Gasteiger partial charge in [-0.2, -0.15) is 0 Å². The first-order valence-corrected chi connectivity index (χ1v) is 7.60. The average molecular weight is 274 g/mol. The number of ether oxygens (including phenoxy) is 1. The molecular formula is C15H18N2OS. The van der Waals surface area contributed by atoms with Gasteiger partial charge in [-0.15, -0.1) is 11.3 Å². The predicted molar refractivity (Wildman–Crippen MR) is 79.0 cm³/mol. The zero-order chi connectivity index (χ0) is 13.1. The summed E-state index contributed by atoms with van der Waals surface area (Å²) in [6.45, 7) is 1.82. The molecular weight excluding hydrogens is 256 g/mol. The van der Waals surface area contributed by atoms with Gasteiger partial charge < -0.3 is 10.1 Å². The molecule has 4 heteroatoms. The summed E-state index contributed by atoms with van der Waals surface area (Å²) in [5.74, 6) is 1.04. The predicted octanol–water partition coefficient (Wildman–Crippen LogP) is 2.90. The Bertz CT molecular complexity index is 565. The van der Waals surface area contributed by atoms with Gasteiger partial charge in [0, 0.05) is 23.9 Å². The van der Waals surface area contributed by atoms with E-state index in [9.17, 15) is 0 Å². The van der Waals surface area contributed by atoms with Gasteiger partial charge >= 0.3 is 0 Å². The lowest BCUT2D eigenvalue weighted by Crippen LogP contribution is -2.10. The number of thiazole rings is 1. The first-order valence-electron chi connectivity index (χ1n) is 6.72. The molecule has 19 heavy (non-hydrogen) atoms. The van der Waals surface area contributed by atoms with E-state index in [1.54, 1.807) is 11.3 Å². The van der Waals surface area contributed by atoms with Crippen molar-refractivity contribution in [1.82, 2.24) is 10.3 Å². The van der Waals surface area contributed by atoms with Gasteiger partial charge in [0.1, 0.15) is 5.75 Å². The highest BCUT2D eigenvalue weighted by Gasteiger charge is 2.12. The van der Waals surface area contributed by atoms with Gasteiger partial charge in [0.25, 0.3) is 0 Å². The van der Waals surface area contributed by atoms with Crippen LogP contribution in [0.5, 0.6) is 5.75 Å². The van der Waals surface area contributed by atoms with E-state index >= 15 is 0 Å². The quantitative estimate of drug-likeness (QED) is 0.931. The van der Waals surface area contributed by atoms with Crippen LogP contribution in [0.1, 0.15) is 17.0 Å². The summed E-state index contributed by atoms with van der Waals surface area (Å²) in [7, 11) is 1.97. The molecule has 0 amide bonds. The minimum absolute atomic E-state index is 0.844. The molecule has 1 N–H and O–H groups in total. The van der Waals surface area contributed by atoms with E-state index in [1.807, 2.05) is 7.05 Å². The van der Waals surface area contributed by atoms with Gasteiger partial charge in [-0.1, -0.05) is 0 Å². The summed E-state index contributed by atoms with van der Waals surface area (Å²) in [5, 5.41) is 6.50. The van der Waals surface area contributed by atoms with Crippen LogP contribution >= 0.6 is 11.3 Å². The standard InChI is InChI=1S/C15H18N2OS/c1-16-7-6-15-17-13(10-19-15)11-4-5-14-12(9-11)3-2-8-18-14/h4-5,9-10,16H,2-3,6-8H2,1H3. The van der Waals surface area contributed by atoms with Crippen LogP contribution < -0.4 is 10.1 Å². The van der Waals surface area contributed by atoms with Crippen LogP contribution in [-0.4, -0.2) is 25.2 Å². The number of rotatable bonds is 4. The van der Waals surface area contributed by atoms with Gasteiger partial charge in [0.2, 0.25) is 0 Å². The molecule has 0 bridgehead atoms. The SMILES string of the molecule is CNCCc1nc(-c2ccc3c(c2)CCCO3)cs1.